The molecule has 1 aromatic heterocycles. The van der Waals surface area contributed by atoms with Crippen molar-refractivity contribution in [3.63, 3.8) is 0 Å². The van der Waals surface area contributed by atoms with Crippen LogP contribution in [-0.2, 0) is 15.9 Å². The van der Waals surface area contributed by atoms with Gasteiger partial charge in [-0.3, -0.25) is 4.31 Å². The Morgan fingerprint density at radius 3 is 2.43 bits per heavy atom. The first-order chi connectivity index (χ1) is 9.90. The minimum absolute atomic E-state index is 0.224. The number of alkyl halides is 1. The van der Waals surface area contributed by atoms with E-state index in [1.807, 2.05) is 0 Å². The van der Waals surface area contributed by atoms with Crippen LogP contribution in [0.1, 0.15) is 4.88 Å². The Balaban J connectivity index is 2.39. The average molecular weight is 411 g/mol. The van der Waals surface area contributed by atoms with Crippen molar-refractivity contribution in [2.45, 2.75) is 10.8 Å². The summed E-state index contributed by atoms with van der Waals surface area (Å²) >= 11 is 10.4. The lowest BCUT2D eigenvalue weighted by Crippen LogP contribution is -2.26. The molecule has 21 heavy (non-hydrogen) atoms. The quantitative estimate of drug-likeness (QED) is 0.698. The van der Waals surface area contributed by atoms with Gasteiger partial charge in [-0.2, -0.15) is 0 Å². The number of methoxy groups -OCH3 is 1. The van der Waals surface area contributed by atoms with Crippen molar-refractivity contribution in [3.8, 4) is 5.75 Å². The Kier molecular flexibility index (Phi) is 5.19. The summed E-state index contributed by atoms with van der Waals surface area (Å²) in [6.45, 7) is 0. The normalized spacial score (nSPS) is 11.4. The largest absolute Gasteiger partial charge is 0.497 e. The Morgan fingerprint density at radius 1 is 1.33 bits per heavy atom. The molecule has 1 heterocycles. The average Bonchev–Trinajstić information content (AvgIpc) is 2.88. The lowest BCUT2D eigenvalue weighted by Gasteiger charge is -2.19. The van der Waals surface area contributed by atoms with Gasteiger partial charge in [0.2, 0.25) is 0 Å². The number of thiophene rings is 1. The van der Waals surface area contributed by atoms with Crippen molar-refractivity contribution in [3.05, 3.63) is 39.0 Å². The second-order valence-corrected chi connectivity index (χ2v) is 8.81. The van der Waals surface area contributed by atoms with Gasteiger partial charge in [-0.05, 0) is 46.3 Å². The smallest absolute Gasteiger partial charge is 0.266 e. The lowest BCUT2D eigenvalue weighted by molar-refractivity contribution is 0.415. The van der Waals surface area contributed by atoms with Gasteiger partial charge in [-0.15, -0.1) is 22.9 Å². The predicted octanol–water partition coefficient (Wildman–Crippen LogP) is 4.08. The summed E-state index contributed by atoms with van der Waals surface area (Å²) < 4.78 is 32.2. The fourth-order valence-corrected chi connectivity index (χ4v) is 5.64. The summed E-state index contributed by atoms with van der Waals surface area (Å²) in [7, 11) is -0.557. The number of nitrogens with zero attached hydrogens (tertiary/aromatic N) is 1. The molecule has 0 atom stereocenters. The summed E-state index contributed by atoms with van der Waals surface area (Å²) in [5.74, 6) is 0.955. The molecule has 0 radical (unpaired) electrons. The first-order valence-corrected chi connectivity index (χ1v) is 9.45. The van der Waals surface area contributed by atoms with Crippen molar-refractivity contribution in [2.75, 3.05) is 18.5 Å². The van der Waals surface area contributed by atoms with Crippen LogP contribution < -0.4 is 9.04 Å². The molecular weight excluding hydrogens is 398 g/mol. The van der Waals surface area contributed by atoms with Crippen LogP contribution in [0.5, 0.6) is 5.75 Å². The predicted molar refractivity (Wildman–Crippen MR) is 90.2 cm³/mol. The highest BCUT2D eigenvalue weighted by Gasteiger charge is 2.26. The maximum atomic E-state index is 12.7. The SMILES string of the molecule is COc1ccc(N(C)S(=O)(=O)c2cc(CCl)sc2Br)cc1. The van der Waals surface area contributed by atoms with E-state index in [2.05, 4.69) is 15.9 Å². The van der Waals surface area contributed by atoms with Gasteiger partial charge >= 0.3 is 0 Å². The van der Waals surface area contributed by atoms with E-state index in [-0.39, 0.29) is 10.8 Å². The zero-order chi connectivity index (χ0) is 15.6. The molecule has 8 heteroatoms. The van der Waals surface area contributed by atoms with Crippen LogP contribution in [0.3, 0.4) is 0 Å². The maximum absolute atomic E-state index is 12.7. The molecular formula is C13H13BrClNO3S2. The zero-order valence-electron chi connectivity index (χ0n) is 11.3. The van der Waals surface area contributed by atoms with Gasteiger partial charge < -0.3 is 4.74 Å². The van der Waals surface area contributed by atoms with Gasteiger partial charge in [0.25, 0.3) is 10.0 Å². The number of hydrogen-bond donors (Lipinski definition) is 0. The summed E-state index contributed by atoms with van der Waals surface area (Å²) in [4.78, 5) is 1.02. The molecule has 1 aromatic carbocycles. The first-order valence-electron chi connectivity index (χ1n) is 5.87. The molecule has 0 unspecified atom stereocenters. The highest BCUT2D eigenvalue weighted by molar-refractivity contribution is 9.11. The van der Waals surface area contributed by atoms with Gasteiger partial charge in [-0.1, -0.05) is 0 Å². The molecule has 0 bridgehead atoms. The van der Waals surface area contributed by atoms with Crippen molar-refractivity contribution >= 4 is 54.6 Å². The third kappa shape index (κ3) is 3.36. The monoisotopic (exact) mass is 409 g/mol. The van der Waals surface area contributed by atoms with E-state index in [1.54, 1.807) is 37.4 Å². The van der Waals surface area contributed by atoms with Crippen LogP contribution in [-0.4, -0.2) is 22.6 Å². The van der Waals surface area contributed by atoms with E-state index < -0.39 is 10.0 Å². The van der Waals surface area contributed by atoms with Crippen LogP contribution in [0.15, 0.2) is 39.0 Å². The van der Waals surface area contributed by atoms with E-state index in [0.717, 1.165) is 4.88 Å². The molecule has 114 valence electrons. The Labute approximate surface area is 141 Å². The van der Waals surface area contributed by atoms with E-state index in [1.165, 1.54) is 22.7 Å². The molecule has 0 aliphatic heterocycles. The number of anilines is 1. The van der Waals surface area contributed by atoms with Crippen LogP contribution in [0.25, 0.3) is 0 Å². The first kappa shape index (κ1) is 16.6. The molecule has 2 aromatic rings. The van der Waals surface area contributed by atoms with E-state index >= 15 is 0 Å². The number of benzene rings is 1. The molecule has 0 spiro atoms. The maximum Gasteiger partial charge on any atom is 0.266 e. The van der Waals surface area contributed by atoms with Gasteiger partial charge in [0.15, 0.2) is 0 Å². The summed E-state index contributed by atoms with van der Waals surface area (Å²) in [5, 5.41) is 0. The number of ether oxygens (including phenoxy) is 1. The highest BCUT2D eigenvalue weighted by atomic mass is 79.9. The second-order valence-electron chi connectivity index (χ2n) is 4.15. The van der Waals surface area contributed by atoms with Crippen LogP contribution in [0.2, 0.25) is 0 Å². The van der Waals surface area contributed by atoms with E-state index in [0.29, 0.717) is 15.2 Å². The minimum atomic E-state index is -3.63. The van der Waals surface area contributed by atoms with Crippen molar-refractivity contribution in [1.29, 1.82) is 0 Å². The van der Waals surface area contributed by atoms with Crippen LogP contribution >= 0.6 is 38.9 Å². The molecule has 2 rings (SSSR count). The third-order valence-corrected chi connectivity index (χ3v) is 7.40. The Bertz CT molecular complexity index is 728. The number of rotatable bonds is 5. The molecule has 0 amide bonds. The highest BCUT2D eigenvalue weighted by Crippen LogP contribution is 2.35. The Morgan fingerprint density at radius 2 is 1.95 bits per heavy atom. The molecule has 4 nitrogen and oxygen atoms in total. The third-order valence-electron chi connectivity index (χ3n) is 2.91. The van der Waals surface area contributed by atoms with Crippen LogP contribution in [0, 0.1) is 0 Å². The summed E-state index contributed by atoms with van der Waals surface area (Å²) in [5.41, 5.74) is 0.557. The van der Waals surface area contributed by atoms with Crippen molar-refractivity contribution < 1.29 is 13.2 Å². The summed E-state index contributed by atoms with van der Waals surface area (Å²) in [6.07, 6.45) is 0. The number of halogens is 2. The standard InChI is InChI=1S/C13H13BrClNO3S2/c1-16(9-3-5-10(19-2)6-4-9)21(17,18)12-7-11(8-15)20-13(12)14/h3-7H,8H2,1-2H3. The molecule has 0 N–H and O–H groups in total. The molecule has 0 saturated heterocycles. The fourth-order valence-electron chi connectivity index (χ4n) is 1.72. The zero-order valence-corrected chi connectivity index (χ0v) is 15.3. The number of hydrogen-bond acceptors (Lipinski definition) is 4. The van der Waals surface area contributed by atoms with Gasteiger partial charge in [0, 0.05) is 11.9 Å². The molecule has 0 fully saturated rings. The van der Waals surface area contributed by atoms with Crippen molar-refractivity contribution in [2.24, 2.45) is 0 Å². The number of sulfonamides is 1. The lowest BCUT2D eigenvalue weighted by atomic mass is 10.3. The van der Waals surface area contributed by atoms with Crippen molar-refractivity contribution in [1.82, 2.24) is 0 Å². The van der Waals surface area contributed by atoms with Gasteiger partial charge in [0.1, 0.15) is 10.6 Å². The fraction of sp³-hybridized carbons (Fsp3) is 0.231. The van der Waals surface area contributed by atoms with Gasteiger partial charge in [0.05, 0.1) is 22.5 Å². The molecule has 0 aliphatic rings. The van der Waals surface area contributed by atoms with E-state index in [9.17, 15) is 8.42 Å². The van der Waals surface area contributed by atoms with E-state index in [4.69, 9.17) is 16.3 Å². The molecule has 0 aliphatic carbocycles. The minimum Gasteiger partial charge on any atom is -0.497 e. The molecule has 0 saturated carbocycles. The topological polar surface area (TPSA) is 46.6 Å². The van der Waals surface area contributed by atoms with Crippen LogP contribution in [0.4, 0.5) is 5.69 Å². The van der Waals surface area contributed by atoms with Gasteiger partial charge in [-0.25, -0.2) is 8.42 Å². The second kappa shape index (κ2) is 6.56. The Hall–Kier alpha value is -0.760. The summed E-state index contributed by atoms with van der Waals surface area (Å²) in [6, 6.07) is 8.41.